The first kappa shape index (κ1) is 11.8. The number of amides is 1. The number of H-pyrrole nitrogens is 1. The highest BCUT2D eigenvalue weighted by atomic mass is 16.1. The molecule has 1 aliphatic rings. The number of hydrogen-bond acceptors (Lipinski definition) is 3. The predicted molar refractivity (Wildman–Crippen MR) is 74.1 cm³/mol. The third kappa shape index (κ3) is 2.45. The summed E-state index contributed by atoms with van der Waals surface area (Å²) in [6, 6.07) is 6.08. The number of aromatic nitrogens is 2. The van der Waals surface area contributed by atoms with Gasteiger partial charge in [-0.15, -0.1) is 0 Å². The monoisotopic (exact) mass is 256 g/mol. The van der Waals surface area contributed by atoms with Gasteiger partial charge < -0.3 is 15.2 Å². The minimum absolute atomic E-state index is 0.0446. The number of anilines is 2. The molecule has 2 aromatic rings. The number of benzene rings is 1. The molecule has 1 aromatic carbocycles. The van der Waals surface area contributed by atoms with Crippen LogP contribution in [0.25, 0.3) is 0 Å². The lowest BCUT2D eigenvalue weighted by molar-refractivity contribution is -0.114. The van der Waals surface area contributed by atoms with Crippen molar-refractivity contribution in [1.29, 1.82) is 0 Å². The Labute approximate surface area is 111 Å². The van der Waals surface area contributed by atoms with Gasteiger partial charge in [0, 0.05) is 31.0 Å². The fourth-order valence-corrected chi connectivity index (χ4v) is 2.46. The quantitative estimate of drug-likeness (QED) is 0.882. The summed E-state index contributed by atoms with van der Waals surface area (Å²) in [5, 5.41) is 2.83. The minimum atomic E-state index is -0.0446. The molecule has 5 heteroatoms. The fourth-order valence-electron chi connectivity index (χ4n) is 2.46. The molecule has 0 saturated heterocycles. The summed E-state index contributed by atoms with van der Waals surface area (Å²) in [5.41, 5.74) is 4.39. The Balaban J connectivity index is 1.83. The molecule has 1 amide bonds. The van der Waals surface area contributed by atoms with Crippen molar-refractivity contribution in [1.82, 2.24) is 9.97 Å². The Kier molecular flexibility index (Phi) is 2.95. The molecule has 0 bridgehead atoms. The molecule has 0 atom stereocenters. The summed E-state index contributed by atoms with van der Waals surface area (Å²) >= 11 is 0. The van der Waals surface area contributed by atoms with Gasteiger partial charge in [0.1, 0.15) is 0 Å². The Bertz CT molecular complexity index is 591. The summed E-state index contributed by atoms with van der Waals surface area (Å²) in [5.74, 6) is -0.0446. The summed E-state index contributed by atoms with van der Waals surface area (Å²) in [6.07, 6.45) is 4.65. The molecule has 1 aromatic heterocycles. The maximum Gasteiger partial charge on any atom is 0.221 e. The van der Waals surface area contributed by atoms with E-state index >= 15 is 0 Å². The van der Waals surface area contributed by atoms with Crippen LogP contribution in [0.5, 0.6) is 0 Å². The highest BCUT2D eigenvalue weighted by Gasteiger charge is 2.20. The number of nitrogens with one attached hydrogen (secondary N) is 2. The lowest BCUT2D eigenvalue weighted by atomic mass is 10.1. The van der Waals surface area contributed by atoms with E-state index in [0.717, 1.165) is 30.9 Å². The van der Waals surface area contributed by atoms with Gasteiger partial charge in [0.05, 0.1) is 18.6 Å². The van der Waals surface area contributed by atoms with Crippen molar-refractivity contribution in [3.63, 3.8) is 0 Å². The average Bonchev–Trinajstić information content (AvgIpc) is 3.00. The molecule has 3 rings (SSSR count). The standard InChI is InChI=1S/C14H16N4O/c1-10(19)17-12-3-2-11-4-5-18(14(11)6-12)8-13-7-15-9-16-13/h2-3,6-7,9H,4-5,8H2,1H3,(H,15,16)(H,17,19). The molecule has 0 aliphatic carbocycles. The van der Waals surface area contributed by atoms with E-state index in [4.69, 9.17) is 0 Å². The number of rotatable bonds is 3. The molecule has 2 heterocycles. The third-order valence-electron chi connectivity index (χ3n) is 3.31. The van der Waals surface area contributed by atoms with Gasteiger partial charge in [0.15, 0.2) is 0 Å². The predicted octanol–water partition coefficient (Wildman–Crippen LogP) is 1.93. The van der Waals surface area contributed by atoms with E-state index in [2.05, 4.69) is 26.3 Å². The summed E-state index contributed by atoms with van der Waals surface area (Å²) in [6.45, 7) is 3.31. The molecule has 19 heavy (non-hydrogen) atoms. The van der Waals surface area contributed by atoms with E-state index in [0.29, 0.717) is 0 Å². The molecule has 98 valence electrons. The highest BCUT2D eigenvalue weighted by Crippen LogP contribution is 2.31. The van der Waals surface area contributed by atoms with Gasteiger partial charge in [-0.1, -0.05) is 6.07 Å². The van der Waals surface area contributed by atoms with E-state index in [1.165, 1.54) is 18.2 Å². The molecule has 0 saturated carbocycles. The van der Waals surface area contributed by atoms with Crippen LogP contribution in [-0.2, 0) is 17.8 Å². The van der Waals surface area contributed by atoms with E-state index in [9.17, 15) is 4.79 Å². The Morgan fingerprint density at radius 1 is 1.53 bits per heavy atom. The largest absolute Gasteiger partial charge is 0.365 e. The summed E-state index contributed by atoms with van der Waals surface area (Å²) < 4.78 is 0. The van der Waals surface area contributed by atoms with Crippen molar-refractivity contribution in [2.75, 3.05) is 16.8 Å². The Hall–Kier alpha value is -2.30. The van der Waals surface area contributed by atoms with Crippen molar-refractivity contribution >= 4 is 17.3 Å². The number of hydrogen-bond donors (Lipinski definition) is 2. The Morgan fingerprint density at radius 2 is 2.42 bits per heavy atom. The molecule has 2 N–H and O–H groups in total. The summed E-state index contributed by atoms with van der Waals surface area (Å²) in [7, 11) is 0. The molecular formula is C14H16N4O. The van der Waals surface area contributed by atoms with Gasteiger partial charge in [-0.2, -0.15) is 0 Å². The average molecular weight is 256 g/mol. The van der Waals surface area contributed by atoms with Crippen LogP contribution in [0.4, 0.5) is 11.4 Å². The zero-order valence-corrected chi connectivity index (χ0v) is 10.8. The van der Waals surface area contributed by atoms with Gasteiger partial charge >= 0.3 is 0 Å². The smallest absolute Gasteiger partial charge is 0.221 e. The highest BCUT2D eigenvalue weighted by molar-refractivity contribution is 5.89. The molecule has 0 fully saturated rings. The second kappa shape index (κ2) is 4.76. The third-order valence-corrected chi connectivity index (χ3v) is 3.31. The van der Waals surface area contributed by atoms with Gasteiger partial charge in [-0.05, 0) is 24.1 Å². The second-order valence-electron chi connectivity index (χ2n) is 4.76. The number of fused-ring (bicyclic) bond motifs is 1. The molecular weight excluding hydrogens is 240 g/mol. The molecule has 0 spiro atoms. The lowest BCUT2D eigenvalue weighted by Crippen LogP contribution is -2.20. The van der Waals surface area contributed by atoms with Crippen molar-refractivity contribution in [2.45, 2.75) is 19.9 Å². The van der Waals surface area contributed by atoms with E-state index in [1.54, 1.807) is 6.33 Å². The van der Waals surface area contributed by atoms with Crippen LogP contribution in [-0.4, -0.2) is 22.4 Å². The minimum Gasteiger partial charge on any atom is -0.365 e. The second-order valence-corrected chi connectivity index (χ2v) is 4.76. The summed E-state index contributed by atoms with van der Waals surface area (Å²) in [4.78, 5) is 20.6. The Morgan fingerprint density at radius 3 is 3.16 bits per heavy atom. The number of aromatic amines is 1. The molecule has 0 radical (unpaired) electrons. The van der Waals surface area contributed by atoms with Crippen LogP contribution in [0.1, 0.15) is 18.2 Å². The van der Waals surface area contributed by atoms with Gasteiger partial charge in [0.2, 0.25) is 5.91 Å². The van der Waals surface area contributed by atoms with E-state index in [-0.39, 0.29) is 5.91 Å². The maximum atomic E-state index is 11.1. The van der Waals surface area contributed by atoms with Crippen molar-refractivity contribution in [3.05, 3.63) is 42.0 Å². The number of carbonyl (C=O) groups excluding carboxylic acids is 1. The zero-order chi connectivity index (χ0) is 13.2. The number of carbonyl (C=O) groups is 1. The van der Waals surface area contributed by atoms with Crippen molar-refractivity contribution in [3.8, 4) is 0 Å². The number of nitrogens with zero attached hydrogens (tertiary/aromatic N) is 2. The van der Waals surface area contributed by atoms with E-state index < -0.39 is 0 Å². The van der Waals surface area contributed by atoms with Crippen LogP contribution >= 0.6 is 0 Å². The fraction of sp³-hybridized carbons (Fsp3) is 0.286. The first-order valence-corrected chi connectivity index (χ1v) is 6.35. The van der Waals surface area contributed by atoms with Crippen molar-refractivity contribution in [2.24, 2.45) is 0 Å². The van der Waals surface area contributed by atoms with Crippen molar-refractivity contribution < 1.29 is 4.79 Å². The molecule has 5 nitrogen and oxygen atoms in total. The van der Waals surface area contributed by atoms with Crippen LogP contribution in [0, 0.1) is 0 Å². The van der Waals surface area contributed by atoms with Crippen LogP contribution < -0.4 is 10.2 Å². The maximum absolute atomic E-state index is 11.1. The lowest BCUT2D eigenvalue weighted by Gasteiger charge is -2.18. The molecule has 1 aliphatic heterocycles. The first-order chi connectivity index (χ1) is 9.22. The first-order valence-electron chi connectivity index (χ1n) is 6.35. The van der Waals surface area contributed by atoms with Gasteiger partial charge in [0.25, 0.3) is 0 Å². The van der Waals surface area contributed by atoms with Gasteiger partial charge in [-0.3, -0.25) is 4.79 Å². The SMILES string of the molecule is CC(=O)Nc1ccc2c(c1)N(Cc1c[nH]cn1)CC2. The zero-order valence-electron chi connectivity index (χ0n) is 10.8. The molecule has 0 unspecified atom stereocenters. The number of imidazole rings is 1. The van der Waals surface area contributed by atoms with Crippen LogP contribution in [0.3, 0.4) is 0 Å². The normalized spacial score (nSPS) is 13.4. The van der Waals surface area contributed by atoms with Crippen LogP contribution in [0.15, 0.2) is 30.7 Å². The van der Waals surface area contributed by atoms with Crippen LogP contribution in [0.2, 0.25) is 0 Å². The van der Waals surface area contributed by atoms with E-state index in [1.807, 2.05) is 18.3 Å². The van der Waals surface area contributed by atoms with Gasteiger partial charge in [-0.25, -0.2) is 4.98 Å². The topological polar surface area (TPSA) is 61.0 Å².